The van der Waals surface area contributed by atoms with E-state index in [9.17, 15) is 4.79 Å². The summed E-state index contributed by atoms with van der Waals surface area (Å²) >= 11 is 0. The zero-order chi connectivity index (χ0) is 22.8. The Morgan fingerprint density at radius 2 is 1.73 bits per heavy atom. The fraction of sp³-hybridized carbons (Fsp3) is 0.462. The molecule has 2 aromatic carbocycles. The molecule has 2 fully saturated rings. The average molecular weight is 449 g/mol. The van der Waals surface area contributed by atoms with Gasteiger partial charge in [0.05, 0.1) is 30.2 Å². The topological polar surface area (TPSA) is 80.4 Å². The molecule has 7 heteroatoms. The third kappa shape index (κ3) is 4.29. The van der Waals surface area contributed by atoms with Gasteiger partial charge < -0.3 is 15.2 Å². The number of carbonyl (C=O) groups is 1. The zero-order valence-electron chi connectivity index (χ0n) is 19.2. The number of fused-ring (bicyclic) bond motifs is 1. The highest BCUT2D eigenvalue weighted by atomic mass is 16.5. The van der Waals surface area contributed by atoms with Gasteiger partial charge in [0, 0.05) is 36.4 Å². The van der Waals surface area contributed by atoms with Crippen LogP contribution in [-0.2, 0) is 4.74 Å². The predicted octanol–water partition coefficient (Wildman–Crippen LogP) is 5.31. The molecule has 0 unspecified atom stereocenters. The average Bonchev–Trinajstić information content (AvgIpc) is 2.99. The Morgan fingerprint density at radius 1 is 1.00 bits per heavy atom. The number of urea groups is 1. The van der Waals surface area contributed by atoms with Crippen molar-refractivity contribution in [3.8, 4) is 5.75 Å². The molecule has 2 N–H and O–H groups in total. The minimum absolute atomic E-state index is 0.0114. The Morgan fingerprint density at radius 3 is 2.42 bits per heavy atom. The Balaban J connectivity index is 1.68. The minimum Gasteiger partial charge on any atom is -0.497 e. The van der Waals surface area contributed by atoms with Crippen molar-refractivity contribution in [3.63, 3.8) is 0 Å². The number of hydrazone groups is 1. The van der Waals surface area contributed by atoms with Gasteiger partial charge in [0.15, 0.2) is 0 Å². The number of ether oxygens (including phenoxy) is 2. The van der Waals surface area contributed by atoms with E-state index >= 15 is 0 Å². The first kappa shape index (κ1) is 21.8. The van der Waals surface area contributed by atoms with Crippen molar-refractivity contribution in [1.29, 1.82) is 0 Å². The van der Waals surface area contributed by atoms with Gasteiger partial charge in [0.2, 0.25) is 0 Å². The van der Waals surface area contributed by atoms with Crippen LogP contribution in [0.1, 0.15) is 50.5 Å². The van der Waals surface area contributed by atoms with Crippen LogP contribution >= 0.6 is 0 Å². The molecule has 3 aliphatic rings. The fourth-order valence-electron chi connectivity index (χ4n) is 5.18. The molecule has 2 amide bonds. The molecule has 33 heavy (non-hydrogen) atoms. The molecule has 5 rings (SSSR count). The zero-order valence-corrected chi connectivity index (χ0v) is 19.2. The van der Waals surface area contributed by atoms with E-state index in [0.29, 0.717) is 30.6 Å². The van der Waals surface area contributed by atoms with Crippen molar-refractivity contribution >= 4 is 28.8 Å². The molecule has 0 aromatic heterocycles. The Kier molecular flexibility index (Phi) is 6.22. The first-order valence-electron chi connectivity index (χ1n) is 12.0. The lowest BCUT2D eigenvalue weighted by molar-refractivity contribution is 0.0480. The summed E-state index contributed by atoms with van der Waals surface area (Å²) in [6, 6.07) is 13.3. The number of nitrogens with zero attached hydrogens (tertiary/aromatic N) is 3. The normalized spacial score (nSPS) is 20.3. The van der Waals surface area contributed by atoms with Crippen LogP contribution in [0.2, 0.25) is 0 Å². The summed E-state index contributed by atoms with van der Waals surface area (Å²) in [7, 11) is 1.65. The monoisotopic (exact) mass is 448 g/mol. The Labute approximate surface area is 195 Å². The molecule has 0 bridgehead atoms. The fourth-order valence-corrected chi connectivity index (χ4v) is 5.18. The second kappa shape index (κ2) is 9.43. The number of amides is 2. The van der Waals surface area contributed by atoms with E-state index in [4.69, 9.17) is 20.3 Å². The maximum Gasteiger partial charge on any atom is 0.349 e. The van der Waals surface area contributed by atoms with Crippen molar-refractivity contribution in [2.45, 2.75) is 51.0 Å². The first-order valence-corrected chi connectivity index (χ1v) is 12.0. The number of hydrogen-bond donors (Lipinski definition) is 1. The van der Waals surface area contributed by atoms with Crippen LogP contribution in [-0.4, -0.2) is 43.1 Å². The highest BCUT2D eigenvalue weighted by molar-refractivity contribution is 6.14. The smallest absolute Gasteiger partial charge is 0.349 e. The molecule has 0 atom stereocenters. The molecule has 0 spiro atoms. The lowest BCUT2D eigenvalue weighted by atomic mass is 9.83. The van der Waals surface area contributed by atoms with E-state index in [-0.39, 0.29) is 12.1 Å². The molecule has 0 radical (unpaired) electrons. The van der Waals surface area contributed by atoms with E-state index in [1.807, 2.05) is 36.4 Å². The Bertz CT molecular complexity index is 1020. The number of nitrogens with two attached hydrogens (primary N) is 1. The predicted molar refractivity (Wildman–Crippen MR) is 130 cm³/mol. The Hall–Kier alpha value is -3.06. The molecule has 174 valence electrons. The van der Waals surface area contributed by atoms with Gasteiger partial charge in [-0.2, -0.15) is 5.10 Å². The van der Waals surface area contributed by atoms with Crippen molar-refractivity contribution in [2.24, 2.45) is 11.0 Å². The molecule has 7 nitrogen and oxygen atoms in total. The summed E-state index contributed by atoms with van der Waals surface area (Å²) in [4.78, 5) is 15.9. The van der Waals surface area contributed by atoms with Gasteiger partial charge in [0.1, 0.15) is 5.75 Å². The summed E-state index contributed by atoms with van der Waals surface area (Å²) in [6.07, 6.45) is 7.42. The molecular formula is C26H32N4O3. The van der Waals surface area contributed by atoms with E-state index in [1.54, 1.807) is 17.0 Å². The van der Waals surface area contributed by atoms with Crippen LogP contribution in [0.5, 0.6) is 5.75 Å². The van der Waals surface area contributed by atoms with E-state index < -0.39 is 0 Å². The molecule has 2 aromatic rings. The van der Waals surface area contributed by atoms with Crippen LogP contribution in [0.25, 0.3) is 0 Å². The number of benzene rings is 2. The van der Waals surface area contributed by atoms with Gasteiger partial charge in [-0.25, -0.2) is 9.80 Å². The van der Waals surface area contributed by atoms with Gasteiger partial charge in [0.25, 0.3) is 0 Å². The second-order valence-corrected chi connectivity index (χ2v) is 9.10. The highest BCUT2D eigenvalue weighted by Gasteiger charge is 2.37. The standard InChI is InChI=1S/C26H32N4O3/c1-32-22-11-12-23-24(17-22)29(20-9-7-19(27)8-10-20)26(31)30(21-13-15-33-16-14-21)28-25(23)18-5-3-2-4-6-18/h7-12,17-18,21H,2-6,13-16,27H2,1H3. The van der Waals surface area contributed by atoms with Gasteiger partial charge in [-0.3, -0.25) is 4.90 Å². The number of anilines is 3. The van der Waals surface area contributed by atoms with Crippen LogP contribution in [0.3, 0.4) is 0 Å². The molecular weight excluding hydrogens is 416 g/mol. The van der Waals surface area contributed by atoms with Crippen LogP contribution < -0.4 is 15.4 Å². The van der Waals surface area contributed by atoms with Crippen LogP contribution in [0.15, 0.2) is 47.6 Å². The molecule has 1 saturated carbocycles. The van der Waals surface area contributed by atoms with Gasteiger partial charge in [-0.15, -0.1) is 0 Å². The van der Waals surface area contributed by atoms with Crippen LogP contribution in [0.4, 0.5) is 21.9 Å². The van der Waals surface area contributed by atoms with Gasteiger partial charge in [-0.1, -0.05) is 19.3 Å². The van der Waals surface area contributed by atoms with Crippen molar-refractivity contribution < 1.29 is 14.3 Å². The lowest BCUT2D eigenvalue weighted by Crippen LogP contribution is -2.45. The maximum atomic E-state index is 14.2. The third-order valence-corrected chi connectivity index (χ3v) is 7.00. The second-order valence-electron chi connectivity index (χ2n) is 9.10. The van der Waals surface area contributed by atoms with Crippen molar-refractivity contribution in [1.82, 2.24) is 5.01 Å². The van der Waals surface area contributed by atoms with Crippen molar-refractivity contribution in [2.75, 3.05) is 31.0 Å². The largest absolute Gasteiger partial charge is 0.497 e. The number of carbonyl (C=O) groups excluding carboxylic acids is 1. The summed E-state index contributed by atoms with van der Waals surface area (Å²) in [5.74, 6) is 1.05. The third-order valence-electron chi connectivity index (χ3n) is 7.00. The summed E-state index contributed by atoms with van der Waals surface area (Å²) in [6.45, 7) is 1.29. The van der Waals surface area contributed by atoms with Crippen LogP contribution in [0, 0.1) is 5.92 Å². The summed E-state index contributed by atoms with van der Waals surface area (Å²) in [5, 5.41) is 6.86. The quantitative estimate of drug-likeness (QED) is 0.643. The molecule has 1 aliphatic carbocycles. The maximum absolute atomic E-state index is 14.2. The SMILES string of the molecule is COc1ccc2c(c1)N(c1ccc(N)cc1)C(=O)N(C1CCOCC1)N=C2C1CCCCC1. The lowest BCUT2D eigenvalue weighted by Gasteiger charge is -2.33. The van der Waals surface area contributed by atoms with Crippen molar-refractivity contribution in [3.05, 3.63) is 48.0 Å². The number of hydrogen-bond acceptors (Lipinski definition) is 5. The first-order chi connectivity index (χ1) is 16.2. The summed E-state index contributed by atoms with van der Waals surface area (Å²) < 4.78 is 11.1. The highest BCUT2D eigenvalue weighted by Crippen LogP contribution is 2.40. The van der Waals surface area contributed by atoms with E-state index in [1.165, 1.54) is 19.3 Å². The molecule has 2 heterocycles. The van der Waals surface area contributed by atoms with E-state index in [0.717, 1.165) is 48.3 Å². The molecule has 1 saturated heterocycles. The van der Waals surface area contributed by atoms with E-state index in [2.05, 4.69) is 6.07 Å². The van der Waals surface area contributed by atoms with Gasteiger partial charge in [-0.05, 0) is 62.1 Å². The van der Waals surface area contributed by atoms with Gasteiger partial charge >= 0.3 is 6.03 Å². The number of rotatable bonds is 4. The number of methoxy groups -OCH3 is 1. The minimum atomic E-state index is -0.146. The number of nitrogen functional groups attached to an aromatic ring is 1. The molecule has 2 aliphatic heterocycles. The summed E-state index contributed by atoms with van der Waals surface area (Å²) in [5.41, 5.74) is 10.2.